The number of benzene rings is 1. The number of amidine groups is 1. The van der Waals surface area contributed by atoms with Gasteiger partial charge < -0.3 is 10.5 Å². The van der Waals surface area contributed by atoms with Crippen LogP contribution in [0.2, 0.25) is 0 Å². The molecular weight excluding hydrogens is 304 g/mol. The first-order valence-corrected chi connectivity index (χ1v) is 7.72. The average molecular weight is 325 g/mol. The first kappa shape index (κ1) is 14.4. The first-order valence-electron chi connectivity index (χ1n) is 6.93. The Morgan fingerprint density at radius 1 is 1.42 bits per heavy atom. The number of nitrogens with two attached hydrogens (primary N) is 1. The van der Waals surface area contributed by atoms with Gasteiger partial charge in [0.2, 0.25) is 0 Å². The third-order valence-electron chi connectivity index (χ3n) is 3.89. The van der Waals surface area contributed by atoms with Crippen LogP contribution in [0.1, 0.15) is 44.6 Å². The van der Waals surface area contributed by atoms with Crippen molar-refractivity contribution in [2.45, 2.75) is 45.1 Å². The highest BCUT2D eigenvalue weighted by Crippen LogP contribution is 2.33. The summed E-state index contributed by atoms with van der Waals surface area (Å²) in [6, 6.07) is 5.72. The smallest absolute Gasteiger partial charge is 0.131 e. The average Bonchev–Trinajstić information content (AvgIpc) is 2.39. The van der Waals surface area contributed by atoms with Crippen molar-refractivity contribution < 1.29 is 4.74 Å². The quantitative estimate of drug-likeness (QED) is 0.647. The highest BCUT2D eigenvalue weighted by Gasteiger charge is 2.26. The fourth-order valence-electron chi connectivity index (χ4n) is 2.82. The van der Waals surface area contributed by atoms with Crippen molar-refractivity contribution in [2.75, 3.05) is 0 Å². The van der Waals surface area contributed by atoms with E-state index in [0.29, 0.717) is 11.5 Å². The molecule has 2 rings (SSSR count). The van der Waals surface area contributed by atoms with Gasteiger partial charge in [-0.25, -0.2) is 0 Å². The van der Waals surface area contributed by atoms with E-state index in [2.05, 4.69) is 22.9 Å². The molecule has 0 aromatic heterocycles. The topological polar surface area (TPSA) is 59.1 Å². The minimum atomic E-state index is 0.0475. The number of nitrogen functional groups attached to an aromatic ring is 1. The van der Waals surface area contributed by atoms with Crippen LogP contribution in [0, 0.1) is 11.3 Å². The van der Waals surface area contributed by atoms with Crippen LogP contribution in [-0.4, -0.2) is 11.9 Å². The summed E-state index contributed by atoms with van der Waals surface area (Å²) in [7, 11) is 0. The zero-order valence-electron chi connectivity index (χ0n) is 11.3. The first-order chi connectivity index (χ1) is 9.13. The molecule has 0 aliphatic heterocycles. The summed E-state index contributed by atoms with van der Waals surface area (Å²) < 4.78 is 7.00. The van der Waals surface area contributed by atoms with Crippen molar-refractivity contribution in [3.63, 3.8) is 0 Å². The molecule has 1 aromatic rings. The van der Waals surface area contributed by atoms with Crippen LogP contribution >= 0.6 is 15.9 Å². The van der Waals surface area contributed by atoms with Gasteiger partial charge in [0, 0.05) is 4.47 Å². The maximum absolute atomic E-state index is 7.70. The van der Waals surface area contributed by atoms with E-state index in [-0.39, 0.29) is 11.9 Å². The predicted molar refractivity (Wildman–Crippen MR) is 81.8 cm³/mol. The van der Waals surface area contributed by atoms with Gasteiger partial charge in [-0.2, -0.15) is 0 Å². The number of nitrogens with one attached hydrogen (secondary N) is 1. The maximum Gasteiger partial charge on any atom is 0.131 e. The summed E-state index contributed by atoms with van der Waals surface area (Å²) in [5, 5.41) is 7.70. The van der Waals surface area contributed by atoms with Gasteiger partial charge in [0.05, 0.1) is 5.56 Å². The molecule has 1 saturated carbocycles. The normalized spacial score (nSPS) is 23.1. The third kappa shape index (κ3) is 3.30. The van der Waals surface area contributed by atoms with Gasteiger partial charge in [0.1, 0.15) is 17.7 Å². The van der Waals surface area contributed by atoms with Gasteiger partial charge in [0.15, 0.2) is 0 Å². The molecule has 3 N–H and O–H groups in total. The fourth-order valence-corrected chi connectivity index (χ4v) is 3.38. The molecule has 2 atom stereocenters. The number of hydrogen-bond donors (Lipinski definition) is 2. The second-order valence-corrected chi connectivity index (χ2v) is 5.99. The van der Waals surface area contributed by atoms with Crippen LogP contribution in [-0.2, 0) is 0 Å². The van der Waals surface area contributed by atoms with E-state index in [1.54, 1.807) is 0 Å². The zero-order valence-corrected chi connectivity index (χ0v) is 12.9. The molecule has 0 amide bonds. The Kier molecular flexibility index (Phi) is 4.86. The van der Waals surface area contributed by atoms with Gasteiger partial charge in [-0.05, 0) is 59.7 Å². The Morgan fingerprint density at radius 2 is 2.16 bits per heavy atom. The van der Waals surface area contributed by atoms with Gasteiger partial charge in [-0.15, -0.1) is 0 Å². The van der Waals surface area contributed by atoms with Gasteiger partial charge >= 0.3 is 0 Å². The van der Waals surface area contributed by atoms with Crippen LogP contribution in [0.15, 0.2) is 22.7 Å². The molecular formula is C15H21BrN2O. The molecule has 0 spiro atoms. The van der Waals surface area contributed by atoms with Crippen molar-refractivity contribution >= 4 is 21.8 Å². The largest absolute Gasteiger partial charge is 0.489 e. The zero-order chi connectivity index (χ0) is 13.8. The van der Waals surface area contributed by atoms with Crippen LogP contribution in [0.4, 0.5) is 0 Å². The number of rotatable bonds is 4. The van der Waals surface area contributed by atoms with E-state index in [4.69, 9.17) is 15.9 Å². The molecule has 4 heteroatoms. The van der Waals surface area contributed by atoms with E-state index >= 15 is 0 Å². The highest BCUT2D eigenvalue weighted by molar-refractivity contribution is 9.10. The third-order valence-corrected chi connectivity index (χ3v) is 4.55. The van der Waals surface area contributed by atoms with E-state index in [1.165, 1.54) is 19.3 Å². The molecule has 0 radical (unpaired) electrons. The summed E-state index contributed by atoms with van der Waals surface area (Å²) in [6.07, 6.45) is 6.27. The van der Waals surface area contributed by atoms with E-state index in [0.717, 1.165) is 23.1 Å². The monoisotopic (exact) mass is 324 g/mol. The van der Waals surface area contributed by atoms with E-state index in [9.17, 15) is 0 Å². The van der Waals surface area contributed by atoms with Gasteiger partial charge in [-0.3, -0.25) is 5.41 Å². The molecule has 0 bridgehead atoms. The van der Waals surface area contributed by atoms with E-state index in [1.807, 2.05) is 18.2 Å². The summed E-state index contributed by atoms with van der Waals surface area (Å²) in [4.78, 5) is 0. The lowest BCUT2D eigenvalue weighted by Crippen LogP contribution is -2.30. The minimum Gasteiger partial charge on any atom is -0.489 e. The van der Waals surface area contributed by atoms with Crippen LogP contribution < -0.4 is 10.5 Å². The molecule has 2 unspecified atom stereocenters. The van der Waals surface area contributed by atoms with Crippen LogP contribution in [0.3, 0.4) is 0 Å². The van der Waals surface area contributed by atoms with Crippen molar-refractivity contribution in [3.8, 4) is 5.75 Å². The molecule has 19 heavy (non-hydrogen) atoms. The number of ether oxygens (including phenoxy) is 1. The summed E-state index contributed by atoms with van der Waals surface area (Å²) >= 11 is 3.44. The lowest BCUT2D eigenvalue weighted by atomic mass is 9.84. The number of halogens is 1. The SMILES string of the molecule is CCC1CCCCC1Oc1cccc(Br)c1C(=N)N. The predicted octanol–water partition coefficient (Wildman–Crippen LogP) is 4.08. The lowest BCUT2D eigenvalue weighted by Gasteiger charge is -2.31. The Bertz CT molecular complexity index is 461. The van der Waals surface area contributed by atoms with Gasteiger partial charge in [-0.1, -0.05) is 19.4 Å². The minimum absolute atomic E-state index is 0.0475. The van der Waals surface area contributed by atoms with Crippen molar-refractivity contribution in [1.29, 1.82) is 5.41 Å². The molecule has 0 saturated heterocycles. The standard InChI is InChI=1S/C15H21BrN2O/c1-2-10-6-3-4-8-12(10)19-13-9-5-7-11(16)14(13)15(17)18/h5,7,9-10,12H,2-4,6,8H2,1H3,(H3,17,18). The molecule has 104 valence electrons. The number of hydrogen-bond acceptors (Lipinski definition) is 2. The molecule has 1 aliphatic rings. The molecule has 1 aliphatic carbocycles. The highest BCUT2D eigenvalue weighted by atomic mass is 79.9. The molecule has 0 heterocycles. The van der Waals surface area contributed by atoms with Crippen molar-refractivity contribution in [3.05, 3.63) is 28.2 Å². The van der Waals surface area contributed by atoms with Crippen LogP contribution in [0.5, 0.6) is 5.75 Å². The van der Waals surface area contributed by atoms with Crippen molar-refractivity contribution in [2.24, 2.45) is 11.7 Å². The summed E-state index contributed by atoms with van der Waals surface area (Å²) in [5.74, 6) is 1.39. The Labute approximate surface area is 123 Å². The van der Waals surface area contributed by atoms with E-state index < -0.39 is 0 Å². The molecule has 1 fully saturated rings. The Balaban J connectivity index is 2.22. The Hall–Kier alpha value is -1.03. The van der Waals surface area contributed by atoms with Crippen LogP contribution in [0.25, 0.3) is 0 Å². The molecule has 3 nitrogen and oxygen atoms in total. The fraction of sp³-hybridized carbons (Fsp3) is 0.533. The molecule has 1 aromatic carbocycles. The lowest BCUT2D eigenvalue weighted by molar-refractivity contribution is 0.0901. The summed E-state index contributed by atoms with van der Waals surface area (Å²) in [6.45, 7) is 2.22. The Morgan fingerprint density at radius 3 is 2.84 bits per heavy atom. The summed E-state index contributed by atoms with van der Waals surface area (Å²) in [5.41, 5.74) is 6.33. The van der Waals surface area contributed by atoms with Crippen molar-refractivity contribution in [1.82, 2.24) is 0 Å². The second kappa shape index (κ2) is 6.42. The second-order valence-electron chi connectivity index (χ2n) is 5.14. The van der Waals surface area contributed by atoms with Gasteiger partial charge in [0.25, 0.3) is 0 Å². The maximum atomic E-state index is 7.70.